The number of nitrogens with zero attached hydrogens (tertiary/aromatic N) is 3. The van der Waals surface area contributed by atoms with Gasteiger partial charge in [0.15, 0.2) is 5.72 Å². The van der Waals surface area contributed by atoms with Crippen molar-refractivity contribution in [3.63, 3.8) is 0 Å². The third kappa shape index (κ3) is 2.69. The summed E-state index contributed by atoms with van der Waals surface area (Å²) >= 11 is 0. The molecule has 6 nitrogen and oxygen atoms in total. The van der Waals surface area contributed by atoms with Gasteiger partial charge in [0.25, 0.3) is 0 Å². The second-order valence-electron chi connectivity index (χ2n) is 5.32. The van der Waals surface area contributed by atoms with Crippen LogP contribution in [0, 0.1) is 11.3 Å². The molecule has 6 heteroatoms. The lowest BCUT2D eigenvalue weighted by atomic mass is 10.1. The molecule has 0 bridgehead atoms. The largest absolute Gasteiger partial charge is 0.466 e. The molecular weight excluding hydrogens is 280 g/mol. The van der Waals surface area contributed by atoms with E-state index in [1.54, 1.807) is 30.3 Å². The number of rotatable bonds is 1. The second kappa shape index (κ2) is 5.04. The maximum atomic E-state index is 9.05. The van der Waals surface area contributed by atoms with Crippen LogP contribution in [-0.4, -0.2) is 16.6 Å². The van der Waals surface area contributed by atoms with Gasteiger partial charge in [0.05, 0.1) is 29.1 Å². The number of hydrogen-bond donors (Lipinski definition) is 1. The molecule has 0 spiro atoms. The van der Waals surface area contributed by atoms with Crippen LogP contribution in [0.1, 0.15) is 25.0 Å². The molecule has 1 aromatic heterocycles. The van der Waals surface area contributed by atoms with E-state index in [0.29, 0.717) is 34.3 Å². The quantitative estimate of drug-likeness (QED) is 0.872. The van der Waals surface area contributed by atoms with Crippen LogP contribution in [0.25, 0.3) is 0 Å². The number of hydrogen-bond acceptors (Lipinski definition) is 6. The molecule has 0 aliphatic carbocycles. The van der Waals surface area contributed by atoms with Crippen molar-refractivity contribution < 1.29 is 9.47 Å². The van der Waals surface area contributed by atoms with Crippen LogP contribution < -0.4 is 15.2 Å². The monoisotopic (exact) mass is 294 g/mol. The third-order valence-electron chi connectivity index (χ3n) is 3.03. The molecule has 2 aromatic rings. The van der Waals surface area contributed by atoms with E-state index in [0.717, 1.165) is 0 Å². The van der Waals surface area contributed by atoms with Crippen molar-refractivity contribution in [3.8, 4) is 17.7 Å². The second-order valence-corrected chi connectivity index (χ2v) is 5.32. The Hall–Kier alpha value is -3.07. The zero-order valence-electron chi connectivity index (χ0n) is 12.2. The molecule has 22 heavy (non-hydrogen) atoms. The van der Waals surface area contributed by atoms with Crippen molar-refractivity contribution in [1.82, 2.24) is 4.98 Å². The summed E-state index contributed by atoms with van der Waals surface area (Å²) in [5.41, 5.74) is 6.53. The van der Waals surface area contributed by atoms with Crippen molar-refractivity contribution in [3.05, 3.63) is 47.7 Å². The summed E-state index contributed by atoms with van der Waals surface area (Å²) in [7, 11) is 0. The van der Waals surface area contributed by atoms with Gasteiger partial charge in [0, 0.05) is 6.07 Å². The lowest BCUT2D eigenvalue weighted by molar-refractivity contribution is 0.112. The molecule has 1 aliphatic rings. The molecule has 0 radical (unpaired) electrons. The minimum atomic E-state index is -0.760. The first-order valence-corrected chi connectivity index (χ1v) is 6.70. The van der Waals surface area contributed by atoms with Crippen molar-refractivity contribution in [1.29, 1.82) is 5.26 Å². The van der Waals surface area contributed by atoms with Gasteiger partial charge in [-0.05, 0) is 38.1 Å². The number of nitrogens with two attached hydrogens (primary N) is 1. The fraction of sp³-hybridized carbons (Fsp3) is 0.188. The summed E-state index contributed by atoms with van der Waals surface area (Å²) < 4.78 is 11.6. The highest BCUT2D eigenvalue weighted by molar-refractivity contribution is 5.99. The van der Waals surface area contributed by atoms with E-state index in [1.165, 1.54) is 6.20 Å². The van der Waals surface area contributed by atoms with Crippen molar-refractivity contribution >= 4 is 11.6 Å². The molecule has 0 amide bonds. The maximum absolute atomic E-state index is 9.05. The number of anilines is 1. The topological polar surface area (TPSA) is 93.5 Å². The number of fused-ring (bicyclic) bond motifs is 1. The maximum Gasteiger partial charge on any atom is 0.231 e. The highest BCUT2D eigenvalue weighted by Gasteiger charge is 2.30. The fourth-order valence-electron chi connectivity index (χ4n) is 2.08. The first-order chi connectivity index (χ1) is 10.5. The lowest BCUT2D eigenvalue weighted by Crippen LogP contribution is -2.34. The van der Waals surface area contributed by atoms with E-state index < -0.39 is 5.72 Å². The predicted octanol–water partition coefficient (Wildman–Crippen LogP) is 2.49. The zero-order valence-corrected chi connectivity index (χ0v) is 12.2. The Morgan fingerprint density at radius 3 is 2.77 bits per heavy atom. The van der Waals surface area contributed by atoms with Gasteiger partial charge in [-0.25, -0.2) is 9.98 Å². The predicted molar refractivity (Wildman–Crippen MR) is 81.7 cm³/mol. The van der Waals surface area contributed by atoms with E-state index in [-0.39, 0.29) is 0 Å². The van der Waals surface area contributed by atoms with Gasteiger partial charge in [0.1, 0.15) is 5.75 Å². The van der Waals surface area contributed by atoms with E-state index in [2.05, 4.69) is 16.0 Å². The van der Waals surface area contributed by atoms with Crippen LogP contribution in [0.3, 0.4) is 0 Å². The first kappa shape index (κ1) is 13.9. The van der Waals surface area contributed by atoms with Crippen LogP contribution >= 0.6 is 0 Å². The Labute approximate surface area is 127 Å². The normalized spacial score (nSPS) is 15.0. The van der Waals surface area contributed by atoms with Gasteiger partial charge < -0.3 is 15.2 Å². The first-order valence-electron chi connectivity index (χ1n) is 6.70. The number of ether oxygens (including phenoxy) is 2. The fourth-order valence-corrected chi connectivity index (χ4v) is 2.08. The van der Waals surface area contributed by atoms with Gasteiger partial charge in [-0.1, -0.05) is 0 Å². The summed E-state index contributed by atoms with van der Waals surface area (Å²) in [6, 6.07) is 10.6. The van der Waals surface area contributed by atoms with Gasteiger partial charge >= 0.3 is 0 Å². The summed E-state index contributed by atoms with van der Waals surface area (Å²) in [5.74, 6) is 1.35. The van der Waals surface area contributed by atoms with E-state index >= 15 is 0 Å². The summed E-state index contributed by atoms with van der Waals surface area (Å²) in [6.45, 7) is 3.65. The number of aromatic nitrogens is 1. The Bertz CT molecular complexity index is 789. The molecule has 1 aromatic carbocycles. The Balaban J connectivity index is 2.03. The van der Waals surface area contributed by atoms with E-state index in [1.807, 2.05) is 13.8 Å². The Kier molecular flexibility index (Phi) is 3.18. The lowest BCUT2D eigenvalue weighted by Gasteiger charge is -2.29. The highest BCUT2D eigenvalue weighted by Crippen LogP contribution is 2.31. The molecule has 0 unspecified atom stereocenters. The van der Waals surface area contributed by atoms with Gasteiger partial charge in [-0.3, -0.25) is 0 Å². The van der Waals surface area contributed by atoms with E-state index in [4.69, 9.17) is 20.5 Å². The molecule has 0 saturated carbocycles. The number of nitrogen functional groups attached to an aromatic ring is 1. The minimum Gasteiger partial charge on any atom is -0.466 e. The third-order valence-corrected chi connectivity index (χ3v) is 3.03. The average molecular weight is 294 g/mol. The smallest absolute Gasteiger partial charge is 0.231 e. The van der Waals surface area contributed by atoms with Crippen LogP contribution in [0.5, 0.6) is 11.6 Å². The van der Waals surface area contributed by atoms with Gasteiger partial charge in [-0.2, -0.15) is 5.26 Å². The Morgan fingerprint density at radius 1 is 1.27 bits per heavy atom. The molecule has 2 N–H and O–H groups in total. The van der Waals surface area contributed by atoms with Gasteiger partial charge in [0.2, 0.25) is 11.8 Å². The van der Waals surface area contributed by atoms with Crippen LogP contribution in [0.15, 0.2) is 41.5 Å². The van der Waals surface area contributed by atoms with Crippen LogP contribution in [-0.2, 0) is 0 Å². The van der Waals surface area contributed by atoms with Crippen LogP contribution in [0.4, 0.5) is 5.69 Å². The molecule has 3 rings (SSSR count). The van der Waals surface area contributed by atoms with Gasteiger partial charge in [-0.15, -0.1) is 0 Å². The number of benzene rings is 1. The summed E-state index contributed by atoms with van der Waals surface area (Å²) in [4.78, 5) is 8.54. The average Bonchev–Trinajstić information content (AvgIpc) is 2.48. The number of aliphatic imine (C=N–C) groups is 1. The molecule has 0 saturated heterocycles. The zero-order chi connectivity index (χ0) is 15.7. The molecule has 2 heterocycles. The molecule has 110 valence electrons. The number of pyridine rings is 1. The highest BCUT2D eigenvalue weighted by atomic mass is 16.5. The van der Waals surface area contributed by atoms with Crippen molar-refractivity contribution in [2.45, 2.75) is 19.6 Å². The van der Waals surface area contributed by atoms with Crippen LogP contribution in [0.2, 0.25) is 0 Å². The summed E-state index contributed by atoms with van der Waals surface area (Å²) in [5, 5.41) is 9.05. The van der Waals surface area contributed by atoms with Crippen molar-refractivity contribution in [2.24, 2.45) is 4.99 Å². The number of nitriles is 1. The SMILES string of the molecule is CC1(C)N=C(Oc2ccc(N)cn2)c2cc(C#N)ccc2O1. The molecule has 1 aliphatic heterocycles. The molecule has 0 fully saturated rings. The summed E-state index contributed by atoms with van der Waals surface area (Å²) in [6.07, 6.45) is 1.51. The van der Waals surface area contributed by atoms with Crippen molar-refractivity contribution in [2.75, 3.05) is 5.73 Å². The van der Waals surface area contributed by atoms with E-state index in [9.17, 15) is 0 Å². The minimum absolute atomic E-state index is 0.362. The molecule has 0 atom stereocenters. The Morgan fingerprint density at radius 2 is 2.09 bits per heavy atom. The standard InChI is InChI=1S/C16H14N4O2/c1-16(2)20-15(21-14-6-4-11(18)9-19-14)12-7-10(8-17)3-5-13(12)22-16/h3-7,9H,18H2,1-2H3. The molecular formula is C16H14N4O2.